The standard InChI is InChI=1S/C27H36N4O3S/c1-3-20(32)15-18-7-12-22-24(18)25-26(28-17-29-27(25)35-22)34-21-10-8-19(9-11-21)30(4-2)16-23(33)31-13-5-6-14-31/h3-4,17-21,32H,1-2,5-16H2/t18-,19?,20-,21?/m1/s1. The Morgan fingerprint density at radius 1 is 1.23 bits per heavy atom. The van der Waals surface area contributed by atoms with Gasteiger partial charge in [0, 0.05) is 24.0 Å². The van der Waals surface area contributed by atoms with Crippen LogP contribution in [0.25, 0.3) is 10.2 Å². The molecule has 0 bridgehead atoms. The van der Waals surface area contributed by atoms with Crippen LogP contribution in [0.2, 0.25) is 0 Å². The molecule has 5 rings (SSSR count). The van der Waals surface area contributed by atoms with Gasteiger partial charge >= 0.3 is 0 Å². The summed E-state index contributed by atoms with van der Waals surface area (Å²) in [5, 5.41) is 11.2. The van der Waals surface area contributed by atoms with E-state index in [0.29, 0.717) is 24.9 Å². The fraction of sp³-hybridized carbons (Fsp3) is 0.593. The van der Waals surface area contributed by atoms with Crippen LogP contribution in [0.15, 0.2) is 31.8 Å². The second-order valence-electron chi connectivity index (χ2n) is 10.1. The molecule has 2 aliphatic carbocycles. The van der Waals surface area contributed by atoms with Gasteiger partial charge in [-0.1, -0.05) is 12.7 Å². The van der Waals surface area contributed by atoms with Crippen molar-refractivity contribution >= 4 is 27.5 Å². The third kappa shape index (κ3) is 5.09. The number of aromatic nitrogens is 2. The number of likely N-dealkylation sites (tertiary alicyclic amines) is 1. The van der Waals surface area contributed by atoms with Gasteiger partial charge in [-0.15, -0.1) is 17.9 Å². The van der Waals surface area contributed by atoms with Crippen molar-refractivity contribution in [2.75, 3.05) is 19.6 Å². The van der Waals surface area contributed by atoms with E-state index in [1.54, 1.807) is 23.7 Å². The first-order valence-corrected chi connectivity index (χ1v) is 13.8. The Kier molecular flexibility index (Phi) is 7.39. The van der Waals surface area contributed by atoms with Gasteiger partial charge < -0.3 is 19.6 Å². The summed E-state index contributed by atoms with van der Waals surface area (Å²) in [4.78, 5) is 28.2. The minimum absolute atomic E-state index is 0.0967. The first-order valence-electron chi connectivity index (χ1n) is 13.0. The molecule has 1 amide bonds. The highest BCUT2D eigenvalue weighted by molar-refractivity contribution is 7.19. The van der Waals surface area contributed by atoms with Crippen LogP contribution in [0.4, 0.5) is 0 Å². The van der Waals surface area contributed by atoms with E-state index < -0.39 is 6.10 Å². The summed E-state index contributed by atoms with van der Waals surface area (Å²) in [6, 6.07) is 0.319. The van der Waals surface area contributed by atoms with Crippen LogP contribution in [0.5, 0.6) is 5.88 Å². The Morgan fingerprint density at radius 3 is 2.71 bits per heavy atom. The molecule has 8 heteroatoms. The molecule has 1 aliphatic heterocycles. The molecule has 1 saturated carbocycles. The largest absolute Gasteiger partial charge is 0.474 e. The van der Waals surface area contributed by atoms with E-state index in [2.05, 4.69) is 28.0 Å². The van der Waals surface area contributed by atoms with Gasteiger partial charge in [-0.05, 0) is 75.5 Å². The Hall–Kier alpha value is -2.45. The molecule has 0 unspecified atom stereocenters. The molecule has 0 radical (unpaired) electrons. The number of ether oxygens (including phenoxy) is 1. The number of hydrogen-bond acceptors (Lipinski definition) is 7. The van der Waals surface area contributed by atoms with Gasteiger partial charge in [0.25, 0.3) is 0 Å². The maximum atomic E-state index is 12.6. The third-order valence-electron chi connectivity index (χ3n) is 7.90. The summed E-state index contributed by atoms with van der Waals surface area (Å²) in [5.74, 6) is 1.18. The van der Waals surface area contributed by atoms with Crippen molar-refractivity contribution in [2.45, 2.75) is 82.0 Å². The van der Waals surface area contributed by atoms with Gasteiger partial charge in [0.2, 0.25) is 11.8 Å². The second-order valence-corrected chi connectivity index (χ2v) is 11.1. The predicted octanol–water partition coefficient (Wildman–Crippen LogP) is 4.42. The molecule has 2 fully saturated rings. The molecule has 7 nitrogen and oxygen atoms in total. The summed E-state index contributed by atoms with van der Waals surface area (Å²) in [7, 11) is 0. The number of aliphatic hydroxyl groups excluding tert-OH is 1. The van der Waals surface area contributed by atoms with Crippen LogP contribution < -0.4 is 4.74 Å². The quantitative estimate of drug-likeness (QED) is 0.518. The van der Waals surface area contributed by atoms with Gasteiger partial charge in [0.1, 0.15) is 17.3 Å². The molecule has 3 heterocycles. The van der Waals surface area contributed by atoms with Crippen molar-refractivity contribution in [3.8, 4) is 5.88 Å². The lowest BCUT2D eigenvalue weighted by atomic mass is 9.91. The molecule has 1 saturated heterocycles. The van der Waals surface area contributed by atoms with Gasteiger partial charge in [0.15, 0.2) is 0 Å². The summed E-state index contributed by atoms with van der Waals surface area (Å²) in [6.45, 7) is 9.91. The Morgan fingerprint density at radius 2 is 2.00 bits per heavy atom. The van der Waals surface area contributed by atoms with Crippen LogP contribution in [0.3, 0.4) is 0 Å². The molecular weight excluding hydrogens is 460 g/mol. The second kappa shape index (κ2) is 10.7. The number of rotatable bonds is 9. The highest BCUT2D eigenvalue weighted by Crippen LogP contribution is 2.47. The summed E-state index contributed by atoms with van der Waals surface area (Å²) < 4.78 is 6.51. The number of thiophene rings is 1. The lowest BCUT2D eigenvalue weighted by molar-refractivity contribution is -0.131. The van der Waals surface area contributed by atoms with Gasteiger partial charge in [0.05, 0.1) is 18.0 Å². The summed E-state index contributed by atoms with van der Waals surface area (Å²) in [6.07, 6.45) is 13.4. The van der Waals surface area contributed by atoms with Crippen molar-refractivity contribution in [1.29, 1.82) is 0 Å². The zero-order chi connectivity index (χ0) is 24.4. The average molecular weight is 497 g/mol. The van der Waals surface area contributed by atoms with Crippen molar-refractivity contribution in [3.63, 3.8) is 0 Å². The fourth-order valence-corrected chi connectivity index (χ4v) is 7.20. The first kappa shape index (κ1) is 24.3. The number of carbonyl (C=O) groups excluding carboxylic acids is 1. The normalized spacial score (nSPS) is 24.8. The molecule has 2 aromatic heterocycles. The van der Waals surface area contributed by atoms with E-state index >= 15 is 0 Å². The molecule has 1 N–H and O–H groups in total. The van der Waals surface area contributed by atoms with Gasteiger partial charge in [-0.3, -0.25) is 4.79 Å². The van der Waals surface area contributed by atoms with Crippen LogP contribution in [0, 0.1) is 0 Å². The lowest BCUT2D eigenvalue weighted by Gasteiger charge is -2.36. The van der Waals surface area contributed by atoms with Crippen molar-refractivity contribution in [2.24, 2.45) is 0 Å². The smallest absolute Gasteiger partial charge is 0.242 e. The maximum absolute atomic E-state index is 12.6. The number of fused-ring (bicyclic) bond motifs is 3. The zero-order valence-corrected chi connectivity index (χ0v) is 21.2. The Labute approximate surface area is 211 Å². The van der Waals surface area contributed by atoms with Crippen molar-refractivity contribution in [3.05, 3.63) is 42.2 Å². The maximum Gasteiger partial charge on any atom is 0.242 e. The predicted molar refractivity (Wildman–Crippen MR) is 139 cm³/mol. The highest BCUT2D eigenvalue weighted by Gasteiger charge is 2.33. The van der Waals surface area contributed by atoms with E-state index in [0.717, 1.165) is 74.7 Å². The molecule has 3 aliphatic rings. The molecule has 35 heavy (non-hydrogen) atoms. The van der Waals surface area contributed by atoms with Gasteiger partial charge in [-0.2, -0.15) is 0 Å². The fourth-order valence-electron chi connectivity index (χ4n) is 5.97. The number of amides is 1. The summed E-state index contributed by atoms with van der Waals surface area (Å²) in [5.41, 5.74) is 1.27. The van der Waals surface area contributed by atoms with E-state index in [1.165, 1.54) is 10.4 Å². The molecule has 0 aromatic carbocycles. The Bertz CT molecular complexity index is 1070. The monoisotopic (exact) mass is 496 g/mol. The highest BCUT2D eigenvalue weighted by atomic mass is 32.1. The minimum atomic E-state index is -0.504. The van der Waals surface area contributed by atoms with Crippen molar-refractivity contribution in [1.82, 2.24) is 19.8 Å². The van der Waals surface area contributed by atoms with Crippen LogP contribution in [-0.4, -0.2) is 68.7 Å². The third-order valence-corrected chi connectivity index (χ3v) is 9.07. The minimum Gasteiger partial charge on any atom is -0.474 e. The first-order chi connectivity index (χ1) is 17.1. The number of carbonyl (C=O) groups is 1. The number of aliphatic hydroxyl groups is 1. The van der Waals surface area contributed by atoms with Crippen LogP contribution in [-0.2, 0) is 11.2 Å². The molecular formula is C27H36N4O3S. The lowest BCUT2D eigenvalue weighted by Crippen LogP contribution is -2.43. The van der Waals surface area contributed by atoms with Crippen molar-refractivity contribution < 1.29 is 14.6 Å². The van der Waals surface area contributed by atoms with E-state index in [4.69, 9.17) is 4.74 Å². The van der Waals surface area contributed by atoms with Crippen LogP contribution in [0.1, 0.15) is 67.7 Å². The van der Waals surface area contributed by atoms with E-state index in [1.807, 2.05) is 11.1 Å². The van der Waals surface area contributed by atoms with Crippen LogP contribution >= 0.6 is 11.3 Å². The number of nitrogens with zero attached hydrogens (tertiary/aromatic N) is 4. The Balaban J connectivity index is 1.24. The number of hydrogen-bond donors (Lipinski definition) is 1. The molecule has 0 spiro atoms. The summed E-state index contributed by atoms with van der Waals surface area (Å²) >= 11 is 1.73. The zero-order valence-electron chi connectivity index (χ0n) is 20.4. The average Bonchev–Trinajstić information content (AvgIpc) is 3.61. The SMILES string of the molecule is C=C[C@@H](O)C[C@H]1CCc2sc3ncnc(OC4CCC(N(C=C)CC(=O)N5CCCC5)CC4)c3c21. The van der Waals surface area contributed by atoms with E-state index in [9.17, 15) is 9.90 Å². The molecule has 188 valence electrons. The van der Waals surface area contributed by atoms with Gasteiger partial charge in [-0.25, -0.2) is 9.97 Å². The number of aryl methyl sites for hydroxylation is 1. The molecule has 2 aromatic rings. The topological polar surface area (TPSA) is 78.8 Å². The molecule has 2 atom stereocenters. The van der Waals surface area contributed by atoms with E-state index in [-0.39, 0.29) is 17.9 Å².